The molecule has 0 N–H and O–H groups in total. The molecule has 21 heavy (non-hydrogen) atoms. The van der Waals surface area contributed by atoms with E-state index in [1.165, 1.54) is 12.3 Å². The van der Waals surface area contributed by atoms with Gasteiger partial charge in [0.2, 0.25) is 4.80 Å². The third-order valence-corrected chi connectivity index (χ3v) is 4.20. The minimum atomic E-state index is -0.362. The van der Waals surface area contributed by atoms with Crippen molar-refractivity contribution in [1.82, 2.24) is 9.55 Å². The molecule has 2 heterocycles. The lowest BCUT2D eigenvalue weighted by atomic mass is 10.2. The third kappa shape index (κ3) is 2.75. The minimum absolute atomic E-state index is 0.362. The zero-order valence-electron chi connectivity index (χ0n) is 11.6. The summed E-state index contributed by atoms with van der Waals surface area (Å²) >= 11 is 1.57. The maximum absolute atomic E-state index is 12.8. The van der Waals surface area contributed by atoms with Crippen LogP contribution in [0.1, 0.15) is 12.6 Å². The summed E-state index contributed by atoms with van der Waals surface area (Å²) < 4.78 is 16.0. The summed E-state index contributed by atoms with van der Waals surface area (Å²) in [5.41, 5.74) is 2.38. The van der Waals surface area contributed by atoms with Crippen LogP contribution >= 0.6 is 11.3 Å². The van der Waals surface area contributed by atoms with Crippen LogP contribution in [-0.2, 0) is 7.05 Å². The Labute approximate surface area is 124 Å². The molecule has 0 aliphatic heterocycles. The fourth-order valence-corrected chi connectivity index (χ4v) is 2.91. The minimum Gasteiger partial charge on any atom is -0.318 e. The number of aromatic nitrogens is 2. The van der Waals surface area contributed by atoms with Crippen LogP contribution < -0.4 is 4.80 Å². The lowest BCUT2D eigenvalue weighted by Gasteiger charge is -1.96. The quantitative estimate of drug-likeness (QED) is 0.530. The SMILES string of the molecule is C/C(=N\N=c1/sc2ccccc2n1C)c1ccc(F)cn1. The maximum Gasteiger partial charge on any atom is 0.211 e. The van der Waals surface area contributed by atoms with Gasteiger partial charge in [0, 0.05) is 7.05 Å². The van der Waals surface area contributed by atoms with Crippen molar-refractivity contribution in [2.45, 2.75) is 6.92 Å². The summed E-state index contributed by atoms with van der Waals surface area (Å²) in [6.07, 6.45) is 1.17. The normalized spacial score (nSPS) is 13.1. The van der Waals surface area contributed by atoms with Crippen LogP contribution in [0.15, 0.2) is 52.8 Å². The van der Waals surface area contributed by atoms with E-state index in [0.717, 1.165) is 15.0 Å². The van der Waals surface area contributed by atoms with Crippen molar-refractivity contribution in [3.63, 3.8) is 0 Å². The van der Waals surface area contributed by atoms with Gasteiger partial charge in [0.05, 0.1) is 27.8 Å². The van der Waals surface area contributed by atoms with Gasteiger partial charge in [-0.3, -0.25) is 4.98 Å². The number of halogens is 1. The van der Waals surface area contributed by atoms with E-state index in [0.29, 0.717) is 11.4 Å². The first-order chi connectivity index (χ1) is 10.1. The van der Waals surface area contributed by atoms with Crippen LogP contribution in [0.4, 0.5) is 4.39 Å². The number of para-hydroxylation sites is 1. The number of benzene rings is 1. The number of thiazole rings is 1. The predicted molar refractivity (Wildman–Crippen MR) is 82.8 cm³/mol. The molecule has 0 bridgehead atoms. The summed E-state index contributed by atoms with van der Waals surface area (Å²) in [6, 6.07) is 11.0. The predicted octanol–water partition coefficient (Wildman–Crippen LogP) is 3.10. The van der Waals surface area contributed by atoms with E-state index < -0.39 is 0 Å². The molecule has 4 nitrogen and oxygen atoms in total. The molecule has 1 aromatic carbocycles. The Morgan fingerprint density at radius 2 is 2.05 bits per heavy atom. The van der Waals surface area contributed by atoms with Crippen LogP contribution in [0.3, 0.4) is 0 Å². The largest absolute Gasteiger partial charge is 0.318 e. The summed E-state index contributed by atoms with van der Waals surface area (Å²) in [5.74, 6) is -0.362. The Morgan fingerprint density at radius 1 is 1.24 bits per heavy atom. The van der Waals surface area contributed by atoms with Gasteiger partial charge < -0.3 is 4.57 Å². The van der Waals surface area contributed by atoms with Crippen molar-refractivity contribution in [3.8, 4) is 0 Å². The van der Waals surface area contributed by atoms with Crippen molar-refractivity contribution in [1.29, 1.82) is 0 Å². The highest BCUT2D eigenvalue weighted by molar-refractivity contribution is 7.16. The standard InChI is InChI=1S/C15H13FN4S/c1-10(12-8-7-11(16)9-17-12)18-19-15-20(2)13-5-3-4-6-14(13)21-15/h3-9H,1-2H3/b18-10+,19-15-. The van der Waals surface area contributed by atoms with Crippen LogP contribution in [0.5, 0.6) is 0 Å². The maximum atomic E-state index is 12.8. The lowest BCUT2D eigenvalue weighted by Crippen LogP contribution is -2.09. The second kappa shape index (κ2) is 5.57. The molecule has 0 radical (unpaired) electrons. The zero-order valence-corrected chi connectivity index (χ0v) is 12.4. The van der Waals surface area contributed by atoms with E-state index in [4.69, 9.17) is 0 Å². The summed E-state index contributed by atoms with van der Waals surface area (Å²) in [6.45, 7) is 1.80. The Balaban J connectivity index is 2.02. The zero-order chi connectivity index (χ0) is 14.8. The van der Waals surface area contributed by atoms with Crippen molar-refractivity contribution in [2.75, 3.05) is 0 Å². The Kier molecular flexibility index (Phi) is 3.62. The van der Waals surface area contributed by atoms with Gasteiger partial charge in [-0.25, -0.2) is 4.39 Å². The first kappa shape index (κ1) is 13.6. The van der Waals surface area contributed by atoms with E-state index in [1.807, 2.05) is 29.8 Å². The molecule has 3 rings (SSSR count). The van der Waals surface area contributed by atoms with Gasteiger partial charge >= 0.3 is 0 Å². The monoisotopic (exact) mass is 300 g/mol. The van der Waals surface area contributed by atoms with Crippen LogP contribution in [0.25, 0.3) is 10.2 Å². The van der Waals surface area contributed by atoms with Crippen molar-refractivity contribution in [3.05, 3.63) is 58.9 Å². The molecule has 0 saturated heterocycles. The van der Waals surface area contributed by atoms with Gasteiger partial charge in [-0.2, -0.15) is 5.10 Å². The van der Waals surface area contributed by atoms with E-state index in [9.17, 15) is 4.39 Å². The van der Waals surface area contributed by atoms with E-state index in [2.05, 4.69) is 21.3 Å². The topological polar surface area (TPSA) is 42.5 Å². The van der Waals surface area contributed by atoms with Gasteiger partial charge in [0.15, 0.2) is 0 Å². The van der Waals surface area contributed by atoms with Gasteiger partial charge in [-0.05, 0) is 31.2 Å². The number of hydrogen-bond donors (Lipinski definition) is 0. The molecule has 6 heteroatoms. The first-order valence-corrected chi connectivity index (χ1v) is 7.21. The number of aryl methyl sites for hydroxylation is 1. The molecule has 0 aliphatic carbocycles. The number of fused-ring (bicyclic) bond motifs is 1. The van der Waals surface area contributed by atoms with Gasteiger partial charge in [-0.1, -0.05) is 23.5 Å². The smallest absolute Gasteiger partial charge is 0.211 e. The van der Waals surface area contributed by atoms with Gasteiger partial charge in [-0.15, -0.1) is 5.10 Å². The van der Waals surface area contributed by atoms with Crippen molar-refractivity contribution in [2.24, 2.45) is 17.3 Å². The molecule has 0 atom stereocenters. The van der Waals surface area contributed by atoms with Gasteiger partial charge in [0.1, 0.15) is 5.82 Å². The molecule has 0 fully saturated rings. The van der Waals surface area contributed by atoms with Crippen LogP contribution in [0.2, 0.25) is 0 Å². The highest BCUT2D eigenvalue weighted by Crippen LogP contribution is 2.15. The Bertz CT molecular complexity index is 875. The number of nitrogens with zero attached hydrogens (tertiary/aromatic N) is 4. The number of pyridine rings is 1. The fourth-order valence-electron chi connectivity index (χ4n) is 1.94. The van der Waals surface area contributed by atoms with Crippen LogP contribution in [-0.4, -0.2) is 15.3 Å². The average molecular weight is 300 g/mol. The van der Waals surface area contributed by atoms with Crippen LogP contribution in [0, 0.1) is 5.82 Å². The number of hydrogen-bond acceptors (Lipinski definition) is 4. The Hall–Kier alpha value is -2.34. The van der Waals surface area contributed by atoms with E-state index in [1.54, 1.807) is 24.3 Å². The van der Waals surface area contributed by atoms with Crippen molar-refractivity contribution < 1.29 is 4.39 Å². The molecular weight excluding hydrogens is 287 g/mol. The molecule has 0 spiro atoms. The molecule has 0 unspecified atom stereocenters. The average Bonchev–Trinajstić information content (AvgIpc) is 2.82. The summed E-state index contributed by atoms with van der Waals surface area (Å²) in [5, 5.41) is 8.47. The molecule has 0 aliphatic rings. The second-order valence-corrected chi connectivity index (χ2v) is 5.57. The highest BCUT2D eigenvalue weighted by atomic mass is 32.1. The molecular formula is C15H13FN4S. The summed E-state index contributed by atoms with van der Waals surface area (Å²) in [7, 11) is 1.96. The lowest BCUT2D eigenvalue weighted by molar-refractivity contribution is 0.621. The molecule has 3 aromatic rings. The second-order valence-electron chi connectivity index (χ2n) is 4.56. The molecule has 0 saturated carbocycles. The third-order valence-electron chi connectivity index (χ3n) is 3.10. The Morgan fingerprint density at radius 3 is 2.76 bits per heavy atom. The van der Waals surface area contributed by atoms with E-state index >= 15 is 0 Å². The fraction of sp³-hybridized carbons (Fsp3) is 0.133. The summed E-state index contributed by atoms with van der Waals surface area (Å²) in [4.78, 5) is 4.79. The molecule has 0 amide bonds. The number of rotatable bonds is 2. The van der Waals surface area contributed by atoms with Crippen molar-refractivity contribution >= 4 is 27.3 Å². The van der Waals surface area contributed by atoms with E-state index in [-0.39, 0.29) is 5.82 Å². The highest BCUT2D eigenvalue weighted by Gasteiger charge is 2.02. The molecule has 2 aromatic heterocycles. The van der Waals surface area contributed by atoms with Gasteiger partial charge in [0.25, 0.3) is 0 Å². The first-order valence-electron chi connectivity index (χ1n) is 6.40. The molecule has 106 valence electrons.